The van der Waals surface area contributed by atoms with Gasteiger partial charge in [0.2, 0.25) is 5.91 Å². The van der Waals surface area contributed by atoms with Crippen LogP contribution in [0.3, 0.4) is 0 Å². The van der Waals surface area contributed by atoms with Crippen molar-refractivity contribution in [3.8, 4) is 0 Å². The second-order valence-corrected chi connectivity index (χ2v) is 5.70. The molecule has 1 N–H and O–H groups in total. The number of carbonyl (C=O) groups is 1. The lowest BCUT2D eigenvalue weighted by Gasteiger charge is -2.06. The van der Waals surface area contributed by atoms with Crippen LogP contribution in [0.2, 0.25) is 0 Å². The van der Waals surface area contributed by atoms with Gasteiger partial charge in [-0.05, 0) is 23.3 Å². The smallest absolute Gasteiger partial charge is 0.222 e. The van der Waals surface area contributed by atoms with E-state index >= 15 is 0 Å². The third-order valence-corrected chi connectivity index (χ3v) is 3.59. The van der Waals surface area contributed by atoms with Gasteiger partial charge in [-0.2, -0.15) is 0 Å². The van der Waals surface area contributed by atoms with E-state index in [0.717, 1.165) is 16.8 Å². The highest BCUT2D eigenvalue weighted by molar-refractivity contribution is 5.90. The number of nitrogens with zero attached hydrogens (tertiary/aromatic N) is 2. The molecule has 0 spiro atoms. The summed E-state index contributed by atoms with van der Waals surface area (Å²) >= 11 is 0. The molecule has 0 bridgehead atoms. The van der Waals surface area contributed by atoms with E-state index in [4.69, 9.17) is 0 Å². The minimum Gasteiger partial charge on any atom is -0.309 e. The molecule has 2 aromatic carbocycles. The molecule has 0 radical (unpaired) electrons. The van der Waals surface area contributed by atoms with Gasteiger partial charge in [-0.25, -0.2) is 9.97 Å². The zero-order chi connectivity index (χ0) is 18.2. The van der Waals surface area contributed by atoms with Crippen LogP contribution in [0, 0.1) is 0 Å². The number of anilines is 1. The number of hydrogen-bond donors (Lipinski definition) is 1. The van der Waals surface area contributed by atoms with E-state index in [9.17, 15) is 4.79 Å². The number of rotatable bonds is 5. The lowest BCUT2D eigenvalue weighted by atomic mass is 10.2. The van der Waals surface area contributed by atoms with Crippen molar-refractivity contribution in [2.45, 2.75) is 6.92 Å². The standard InChI is InChI=1S/C22H19N3O/c1-17(26)24-22-21(15-13-19-10-6-3-7-11-19)25-20(16-23-22)14-12-18-8-4-2-5-9-18/h2-16H,1H3,(H,23,24,26)/b14-12+,15-13+. The summed E-state index contributed by atoms with van der Waals surface area (Å²) in [5.74, 6) is 0.266. The Morgan fingerprint density at radius 2 is 1.42 bits per heavy atom. The Kier molecular flexibility index (Phi) is 5.68. The molecule has 1 heterocycles. The molecular weight excluding hydrogens is 322 g/mol. The lowest BCUT2D eigenvalue weighted by Crippen LogP contribution is -2.10. The van der Waals surface area contributed by atoms with Gasteiger partial charge in [0.15, 0.2) is 5.82 Å². The molecule has 1 aromatic heterocycles. The molecule has 0 aliphatic carbocycles. The maximum atomic E-state index is 11.4. The van der Waals surface area contributed by atoms with Crippen LogP contribution in [-0.2, 0) is 4.79 Å². The van der Waals surface area contributed by atoms with Gasteiger partial charge in [-0.1, -0.05) is 72.8 Å². The zero-order valence-electron chi connectivity index (χ0n) is 14.5. The summed E-state index contributed by atoms with van der Waals surface area (Å²) in [6, 6.07) is 19.9. The van der Waals surface area contributed by atoms with E-state index < -0.39 is 0 Å². The molecule has 3 rings (SSSR count). The quantitative estimate of drug-likeness (QED) is 0.727. The second kappa shape index (κ2) is 8.53. The van der Waals surface area contributed by atoms with E-state index in [1.54, 1.807) is 6.20 Å². The highest BCUT2D eigenvalue weighted by atomic mass is 16.1. The van der Waals surface area contributed by atoms with Gasteiger partial charge in [-0.3, -0.25) is 4.79 Å². The zero-order valence-corrected chi connectivity index (χ0v) is 14.5. The van der Waals surface area contributed by atoms with Gasteiger partial charge < -0.3 is 5.32 Å². The minimum atomic E-state index is -0.179. The van der Waals surface area contributed by atoms with Crippen molar-refractivity contribution in [1.29, 1.82) is 0 Å². The fourth-order valence-electron chi connectivity index (χ4n) is 2.36. The van der Waals surface area contributed by atoms with E-state index in [1.807, 2.05) is 85.0 Å². The van der Waals surface area contributed by atoms with Gasteiger partial charge in [0.1, 0.15) is 5.69 Å². The Bertz CT molecular complexity index is 932. The van der Waals surface area contributed by atoms with E-state index in [0.29, 0.717) is 11.5 Å². The Labute approximate surface area is 153 Å². The lowest BCUT2D eigenvalue weighted by molar-refractivity contribution is -0.114. The fraction of sp³-hybridized carbons (Fsp3) is 0.0455. The summed E-state index contributed by atoms with van der Waals surface area (Å²) in [6.45, 7) is 1.45. The maximum Gasteiger partial charge on any atom is 0.222 e. The third kappa shape index (κ3) is 4.98. The van der Waals surface area contributed by atoms with Crippen LogP contribution in [0.4, 0.5) is 5.82 Å². The predicted octanol–water partition coefficient (Wildman–Crippen LogP) is 4.78. The Morgan fingerprint density at radius 1 is 0.846 bits per heavy atom. The molecule has 0 aliphatic heterocycles. The molecule has 0 saturated carbocycles. The van der Waals surface area contributed by atoms with Crippen LogP contribution < -0.4 is 5.32 Å². The molecule has 0 aliphatic rings. The maximum absolute atomic E-state index is 11.4. The SMILES string of the molecule is CC(=O)Nc1ncc(/C=C/c2ccccc2)nc1/C=C/c1ccccc1. The van der Waals surface area contributed by atoms with Gasteiger partial charge >= 0.3 is 0 Å². The summed E-state index contributed by atoms with van der Waals surface area (Å²) in [5, 5.41) is 2.72. The van der Waals surface area contributed by atoms with Crippen LogP contribution in [0.25, 0.3) is 24.3 Å². The number of amides is 1. The van der Waals surface area contributed by atoms with Crippen molar-refractivity contribution in [2.75, 3.05) is 5.32 Å². The topological polar surface area (TPSA) is 54.9 Å². The first-order valence-corrected chi connectivity index (χ1v) is 8.31. The van der Waals surface area contributed by atoms with Gasteiger partial charge in [0, 0.05) is 6.92 Å². The van der Waals surface area contributed by atoms with Crippen LogP contribution in [0.15, 0.2) is 66.9 Å². The molecule has 0 unspecified atom stereocenters. The highest BCUT2D eigenvalue weighted by Gasteiger charge is 2.06. The summed E-state index contributed by atoms with van der Waals surface area (Å²) in [5.41, 5.74) is 3.46. The predicted molar refractivity (Wildman–Crippen MR) is 107 cm³/mol. The molecule has 1 amide bonds. The largest absolute Gasteiger partial charge is 0.309 e. The highest BCUT2D eigenvalue weighted by Crippen LogP contribution is 2.16. The molecule has 0 fully saturated rings. The van der Waals surface area contributed by atoms with Crippen LogP contribution in [0.5, 0.6) is 0 Å². The average Bonchev–Trinajstić information content (AvgIpc) is 2.67. The molecule has 128 valence electrons. The van der Waals surface area contributed by atoms with Gasteiger partial charge in [-0.15, -0.1) is 0 Å². The van der Waals surface area contributed by atoms with Crippen molar-refractivity contribution in [3.63, 3.8) is 0 Å². The third-order valence-electron chi connectivity index (χ3n) is 3.59. The van der Waals surface area contributed by atoms with Crippen molar-refractivity contribution < 1.29 is 4.79 Å². The Hall–Kier alpha value is -3.53. The first-order chi connectivity index (χ1) is 12.7. The number of hydrogen-bond acceptors (Lipinski definition) is 3. The minimum absolute atomic E-state index is 0.179. The number of benzene rings is 2. The molecule has 3 aromatic rings. The van der Waals surface area contributed by atoms with Crippen LogP contribution in [0.1, 0.15) is 29.4 Å². The van der Waals surface area contributed by atoms with Crippen molar-refractivity contribution in [3.05, 3.63) is 89.4 Å². The Morgan fingerprint density at radius 3 is 2.00 bits per heavy atom. The summed E-state index contributed by atoms with van der Waals surface area (Å²) < 4.78 is 0. The molecule has 26 heavy (non-hydrogen) atoms. The summed E-state index contributed by atoms with van der Waals surface area (Å²) in [6.07, 6.45) is 9.32. The fourth-order valence-corrected chi connectivity index (χ4v) is 2.36. The monoisotopic (exact) mass is 341 g/mol. The first kappa shape index (κ1) is 17.3. The van der Waals surface area contributed by atoms with Gasteiger partial charge in [0.25, 0.3) is 0 Å². The van der Waals surface area contributed by atoms with E-state index in [1.165, 1.54) is 6.92 Å². The van der Waals surface area contributed by atoms with E-state index in [2.05, 4.69) is 15.3 Å². The molecule has 4 nitrogen and oxygen atoms in total. The van der Waals surface area contributed by atoms with Crippen LogP contribution >= 0.6 is 0 Å². The number of aromatic nitrogens is 2. The molecule has 0 atom stereocenters. The number of nitrogens with one attached hydrogen (secondary N) is 1. The van der Waals surface area contributed by atoms with E-state index in [-0.39, 0.29) is 5.91 Å². The van der Waals surface area contributed by atoms with Crippen molar-refractivity contribution in [1.82, 2.24) is 9.97 Å². The normalized spacial score (nSPS) is 11.1. The summed E-state index contributed by atoms with van der Waals surface area (Å²) in [4.78, 5) is 20.4. The molecular formula is C22H19N3O. The summed E-state index contributed by atoms with van der Waals surface area (Å²) in [7, 11) is 0. The molecule has 4 heteroatoms. The molecule has 0 saturated heterocycles. The first-order valence-electron chi connectivity index (χ1n) is 8.31. The van der Waals surface area contributed by atoms with Crippen molar-refractivity contribution >= 4 is 36.0 Å². The van der Waals surface area contributed by atoms with Crippen molar-refractivity contribution in [2.24, 2.45) is 0 Å². The van der Waals surface area contributed by atoms with Crippen LogP contribution in [-0.4, -0.2) is 15.9 Å². The van der Waals surface area contributed by atoms with Gasteiger partial charge in [0.05, 0.1) is 11.9 Å². The number of carbonyl (C=O) groups excluding carboxylic acids is 1. The second-order valence-electron chi connectivity index (χ2n) is 5.70. The Balaban J connectivity index is 1.89. The average molecular weight is 341 g/mol.